The van der Waals surface area contributed by atoms with E-state index in [1.54, 1.807) is 4.57 Å². The van der Waals surface area contributed by atoms with Gasteiger partial charge in [-0.3, -0.25) is 13.9 Å². The van der Waals surface area contributed by atoms with Crippen molar-refractivity contribution >= 4 is 28.3 Å². The van der Waals surface area contributed by atoms with Crippen LogP contribution in [-0.2, 0) is 11.3 Å². The van der Waals surface area contributed by atoms with E-state index < -0.39 is 0 Å². The molecule has 1 heterocycles. The normalized spacial score (nSPS) is 14.4. The second-order valence-electron chi connectivity index (χ2n) is 8.77. The van der Waals surface area contributed by atoms with Crippen LogP contribution in [0, 0.1) is 6.92 Å². The number of carbonyl (C=O) groups is 1. The van der Waals surface area contributed by atoms with Gasteiger partial charge < -0.3 is 5.32 Å². The van der Waals surface area contributed by atoms with Gasteiger partial charge in [0.05, 0.1) is 11.7 Å². The Hall–Kier alpha value is -3.31. The molecule has 0 radical (unpaired) electrons. The van der Waals surface area contributed by atoms with Gasteiger partial charge in [-0.15, -0.1) is 0 Å². The zero-order valence-corrected chi connectivity index (χ0v) is 19.5. The van der Waals surface area contributed by atoms with Gasteiger partial charge in [0.15, 0.2) is 0 Å². The standard InChI is InChI=1S/C27H26ClN3O2/c1-17(23-9-5-7-19-6-3-4-8-24(19)23)29-25(32)16-30-18(2)26(20-10-12-21(28)13-11-20)31(27(30)33)22-14-15-22/h3-13,17,22H,14-16H2,1-2H3,(H,29,32)/t17-/m0/s1. The molecule has 33 heavy (non-hydrogen) atoms. The van der Waals surface area contributed by atoms with E-state index in [2.05, 4.69) is 23.5 Å². The summed E-state index contributed by atoms with van der Waals surface area (Å²) in [7, 11) is 0. The van der Waals surface area contributed by atoms with E-state index in [1.165, 1.54) is 0 Å². The average molecular weight is 460 g/mol. The number of fused-ring (bicyclic) bond motifs is 1. The summed E-state index contributed by atoms with van der Waals surface area (Å²) in [6.07, 6.45) is 1.96. The lowest BCUT2D eigenvalue weighted by Crippen LogP contribution is -2.34. The Labute approximate surface area is 197 Å². The number of rotatable bonds is 6. The van der Waals surface area contributed by atoms with E-state index in [0.717, 1.165) is 46.1 Å². The maximum atomic E-state index is 13.3. The first kappa shape index (κ1) is 21.5. The van der Waals surface area contributed by atoms with Crippen molar-refractivity contribution in [1.29, 1.82) is 0 Å². The summed E-state index contributed by atoms with van der Waals surface area (Å²) >= 11 is 6.07. The Morgan fingerprint density at radius 3 is 2.48 bits per heavy atom. The molecule has 0 aliphatic heterocycles. The van der Waals surface area contributed by atoms with E-state index in [4.69, 9.17) is 11.6 Å². The van der Waals surface area contributed by atoms with E-state index in [0.29, 0.717) is 5.02 Å². The molecule has 1 fully saturated rings. The van der Waals surface area contributed by atoms with Crippen molar-refractivity contribution in [3.63, 3.8) is 0 Å². The second-order valence-corrected chi connectivity index (χ2v) is 9.20. The van der Waals surface area contributed by atoms with Gasteiger partial charge in [-0.25, -0.2) is 4.79 Å². The number of amides is 1. The lowest BCUT2D eigenvalue weighted by atomic mass is 10.00. The molecular formula is C27H26ClN3O2. The molecule has 5 nitrogen and oxygen atoms in total. The van der Waals surface area contributed by atoms with Crippen LogP contribution in [0.4, 0.5) is 0 Å². The lowest BCUT2D eigenvalue weighted by Gasteiger charge is -2.17. The summed E-state index contributed by atoms with van der Waals surface area (Å²) in [4.78, 5) is 26.3. The highest BCUT2D eigenvalue weighted by atomic mass is 35.5. The monoisotopic (exact) mass is 459 g/mol. The molecule has 4 aromatic rings. The molecule has 1 N–H and O–H groups in total. The summed E-state index contributed by atoms with van der Waals surface area (Å²) < 4.78 is 3.44. The molecule has 6 heteroatoms. The fourth-order valence-corrected chi connectivity index (χ4v) is 4.75. The van der Waals surface area contributed by atoms with Gasteiger partial charge in [0, 0.05) is 22.3 Å². The minimum atomic E-state index is -0.184. The third-order valence-electron chi connectivity index (χ3n) is 6.42. The van der Waals surface area contributed by atoms with Gasteiger partial charge in [0.25, 0.3) is 0 Å². The number of hydrogen-bond acceptors (Lipinski definition) is 2. The molecule has 1 aliphatic rings. The number of benzene rings is 3. The van der Waals surface area contributed by atoms with Crippen molar-refractivity contribution in [1.82, 2.24) is 14.5 Å². The molecule has 1 atom stereocenters. The van der Waals surface area contributed by atoms with Crippen molar-refractivity contribution in [2.75, 3.05) is 0 Å². The first-order valence-corrected chi connectivity index (χ1v) is 11.7. The zero-order chi connectivity index (χ0) is 23.1. The lowest BCUT2D eigenvalue weighted by molar-refractivity contribution is -0.122. The predicted molar refractivity (Wildman–Crippen MR) is 133 cm³/mol. The van der Waals surface area contributed by atoms with Crippen LogP contribution in [0.2, 0.25) is 5.02 Å². The molecule has 168 valence electrons. The van der Waals surface area contributed by atoms with E-state index in [9.17, 15) is 9.59 Å². The molecule has 3 aromatic carbocycles. The number of nitrogens with zero attached hydrogens (tertiary/aromatic N) is 2. The third-order valence-corrected chi connectivity index (χ3v) is 6.68. The molecule has 1 aliphatic carbocycles. The Morgan fingerprint density at radius 1 is 1.06 bits per heavy atom. The Kier molecular flexibility index (Phi) is 5.59. The summed E-state index contributed by atoms with van der Waals surface area (Å²) in [5.74, 6) is -0.184. The molecular weight excluding hydrogens is 434 g/mol. The van der Waals surface area contributed by atoms with Crippen LogP contribution in [0.1, 0.15) is 43.1 Å². The van der Waals surface area contributed by atoms with Crippen LogP contribution in [0.3, 0.4) is 0 Å². The minimum Gasteiger partial charge on any atom is -0.348 e. The quantitative estimate of drug-likeness (QED) is 0.405. The molecule has 1 amide bonds. The van der Waals surface area contributed by atoms with Crippen LogP contribution in [0.15, 0.2) is 71.5 Å². The van der Waals surface area contributed by atoms with Gasteiger partial charge in [0.1, 0.15) is 6.54 Å². The summed E-state index contributed by atoms with van der Waals surface area (Å²) in [5, 5.41) is 5.99. The Balaban J connectivity index is 1.43. The highest BCUT2D eigenvalue weighted by molar-refractivity contribution is 6.30. The van der Waals surface area contributed by atoms with Gasteiger partial charge in [-0.2, -0.15) is 0 Å². The van der Waals surface area contributed by atoms with Crippen molar-refractivity contribution in [2.45, 2.75) is 45.3 Å². The van der Waals surface area contributed by atoms with Crippen molar-refractivity contribution < 1.29 is 4.79 Å². The van der Waals surface area contributed by atoms with Crippen LogP contribution in [0.5, 0.6) is 0 Å². The topological polar surface area (TPSA) is 56.0 Å². The van der Waals surface area contributed by atoms with Crippen LogP contribution in [0.25, 0.3) is 22.0 Å². The second kappa shape index (κ2) is 8.56. The van der Waals surface area contributed by atoms with Crippen LogP contribution >= 0.6 is 11.6 Å². The molecule has 0 saturated heterocycles. The van der Waals surface area contributed by atoms with E-state index in [1.807, 2.05) is 66.9 Å². The minimum absolute atomic E-state index is 0.0138. The third kappa shape index (κ3) is 4.09. The molecule has 0 bridgehead atoms. The SMILES string of the molecule is Cc1c(-c2ccc(Cl)cc2)n(C2CC2)c(=O)n1CC(=O)N[C@@H](C)c1cccc2ccccc12. The number of carbonyl (C=O) groups excluding carboxylic acids is 1. The number of halogens is 1. The first-order valence-electron chi connectivity index (χ1n) is 11.3. The first-order chi connectivity index (χ1) is 15.9. The summed E-state index contributed by atoms with van der Waals surface area (Å²) in [6, 6.07) is 21.8. The number of imidazole rings is 1. The highest BCUT2D eigenvalue weighted by Crippen LogP contribution is 2.38. The van der Waals surface area contributed by atoms with Gasteiger partial charge >= 0.3 is 5.69 Å². The van der Waals surface area contributed by atoms with Crippen LogP contribution < -0.4 is 11.0 Å². The average Bonchev–Trinajstić information content (AvgIpc) is 3.62. The zero-order valence-electron chi connectivity index (χ0n) is 18.7. The van der Waals surface area contributed by atoms with Gasteiger partial charge in [0.2, 0.25) is 5.91 Å². The Bertz CT molecular complexity index is 1390. The predicted octanol–water partition coefficient (Wildman–Crippen LogP) is 5.64. The Morgan fingerprint density at radius 2 is 1.76 bits per heavy atom. The number of hydrogen-bond donors (Lipinski definition) is 1. The molecule has 1 aromatic heterocycles. The molecule has 0 spiro atoms. The molecule has 0 unspecified atom stereocenters. The molecule has 5 rings (SSSR count). The fraction of sp³-hybridized carbons (Fsp3) is 0.259. The number of nitrogens with one attached hydrogen (secondary N) is 1. The largest absolute Gasteiger partial charge is 0.348 e. The van der Waals surface area contributed by atoms with Gasteiger partial charge in [-0.05, 0) is 55.2 Å². The maximum absolute atomic E-state index is 13.3. The molecule has 1 saturated carbocycles. The summed E-state index contributed by atoms with van der Waals surface area (Å²) in [5.41, 5.74) is 3.52. The van der Waals surface area contributed by atoms with E-state index in [-0.39, 0.29) is 30.2 Å². The smallest absolute Gasteiger partial charge is 0.329 e. The number of aromatic nitrogens is 2. The van der Waals surface area contributed by atoms with Crippen molar-refractivity contribution in [2.24, 2.45) is 0 Å². The van der Waals surface area contributed by atoms with Gasteiger partial charge in [-0.1, -0.05) is 66.2 Å². The van der Waals surface area contributed by atoms with Crippen molar-refractivity contribution in [3.8, 4) is 11.3 Å². The highest BCUT2D eigenvalue weighted by Gasteiger charge is 2.31. The fourth-order valence-electron chi connectivity index (χ4n) is 4.62. The summed E-state index contributed by atoms with van der Waals surface area (Å²) in [6.45, 7) is 3.87. The van der Waals surface area contributed by atoms with Crippen LogP contribution in [-0.4, -0.2) is 15.0 Å². The maximum Gasteiger partial charge on any atom is 0.329 e. The van der Waals surface area contributed by atoms with Crippen molar-refractivity contribution in [3.05, 3.63) is 93.5 Å². The van der Waals surface area contributed by atoms with E-state index >= 15 is 0 Å².